The summed E-state index contributed by atoms with van der Waals surface area (Å²) in [5, 5.41) is 3.72. The average molecular weight is 434 g/mol. The number of benzene rings is 2. The molecule has 0 aliphatic carbocycles. The zero-order valence-corrected chi connectivity index (χ0v) is 17.8. The fourth-order valence-corrected chi connectivity index (χ4v) is 4.26. The highest BCUT2D eigenvalue weighted by Crippen LogP contribution is 2.35. The predicted octanol–water partition coefficient (Wildman–Crippen LogP) is 3.85. The van der Waals surface area contributed by atoms with Crippen molar-refractivity contribution < 1.29 is 4.79 Å². The lowest BCUT2D eigenvalue weighted by molar-refractivity contribution is 0.0897. The van der Waals surface area contributed by atoms with E-state index in [2.05, 4.69) is 20.2 Å². The Kier molecular flexibility index (Phi) is 4.37. The summed E-state index contributed by atoms with van der Waals surface area (Å²) >= 11 is 6.42. The third-order valence-electron chi connectivity index (χ3n) is 5.61. The van der Waals surface area contributed by atoms with Gasteiger partial charge >= 0.3 is 5.69 Å². The first kappa shape index (κ1) is 19.4. The van der Waals surface area contributed by atoms with Crippen molar-refractivity contribution >= 4 is 34.4 Å². The SMILES string of the molecule is CC1(C)NC(=O)c2ccc(-n3c(=O)[nH]c4ncccc43)cc2N1Cc1ccccc1Cl. The Morgan fingerprint density at radius 2 is 1.87 bits per heavy atom. The van der Waals surface area contributed by atoms with Crippen molar-refractivity contribution in [1.29, 1.82) is 0 Å². The Bertz CT molecular complexity index is 1390. The number of pyridine rings is 1. The van der Waals surface area contributed by atoms with E-state index in [1.54, 1.807) is 29.0 Å². The maximum Gasteiger partial charge on any atom is 0.332 e. The highest BCUT2D eigenvalue weighted by Gasteiger charge is 2.37. The molecule has 0 saturated heterocycles. The first-order chi connectivity index (χ1) is 14.8. The summed E-state index contributed by atoms with van der Waals surface area (Å²) in [6.07, 6.45) is 1.63. The summed E-state index contributed by atoms with van der Waals surface area (Å²) in [5.74, 6) is -0.158. The summed E-state index contributed by atoms with van der Waals surface area (Å²) in [6.45, 7) is 4.38. The van der Waals surface area contributed by atoms with E-state index < -0.39 is 5.66 Å². The molecule has 5 rings (SSSR count). The van der Waals surface area contributed by atoms with E-state index in [4.69, 9.17) is 11.6 Å². The Labute approximate surface area is 183 Å². The zero-order valence-electron chi connectivity index (χ0n) is 17.0. The van der Waals surface area contributed by atoms with E-state index in [1.165, 1.54) is 0 Å². The van der Waals surface area contributed by atoms with Crippen molar-refractivity contribution in [3.63, 3.8) is 0 Å². The van der Waals surface area contributed by atoms with Gasteiger partial charge in [-0.2, -0.15) is 0 Å². The van der Waals surface area contributed by atoms with Gasteiger partial charge in [-0.1, -0.05) is 29.8 Å². The molecule has 2 aromatic carbocycles. The van der Waals surface area contributed by atoms with Crippen LogP contribution in [0.4, 0.5) is 5.69 Å². The third-order valence-corrected chi connectivity index (χ3v) is 5.98. The summed E-state index contributed by atoms with van der Waals surface area (Å²) in [4.78, 5) is 34.6. The van der Waals surface area contributed by atoms with Crippen LogP contribution in [-0.2, 0) is 6.54 Å². The average Bonchev–Trinajstić information content (AvgIpc) is 3.07. The predicted molar refractivity (Wildman–Crippen MR) is 121 cm³/mol. The lowest BCUT2D eigenvalue weighted by Crippen LogP contribution is -2.60. The maximum atomic E-state index is 12.8. The first-order valence-electron chi connectivity index (χ1n) is 9.89. The van der Waals surface area contributed by atoms with Crippen molar-refractivity contribution in [2.24, 2.45) is 0 Å². The highest BCUT2D eigenvalue weighted by atomic mass is 35.5. The number of imidazole rings is 1. The number of anilines is 1. The Hall–Kier alpha value is -3.58. The summed E-state index contributed by atoms with van der Waals surface area (Å²) in [5.41, 5.74) is 3.11. The van der Waals surface area contributed by atoms with Gasteiger partial charge in [-0.25, -0.2) is 9.78 Å². The standard InChI is InChI=1S/C23H20ClN5O2/c1-23(2)27-21(30)16-10-9-15(29-18-8-5-11-25-20(18)26-22(29)31)12-19(16)28(23)13-14-6-3-4-7-17(14)24/h3-12H,13H2,1-2H3,(H,27,30)(H,25,26,31). The number of rotatable bonds is 3. The summed E-state index contributed by atoms with van der Waals surface area (Å²) in [6, 6.07) is 16.6. The van der Waals surface area contributed by atoms with Crippen LogP contribution in [0.25, 0.3) is 16.9 Å². The molecule has 7 nitrogen and oxygen atoms in total. The van der Waals surface area contributed by atoms with Gasteiger partial charge in [-0.15, -0.1) is 0 Å². The van der Waals surface area contributed by atoms with Crippen LogP contribution in [0.2, 0.25) is 5.02 Å². The Morgan fingerprint density at radius 3 is 2.68 bits per heavy atom. The fraction of sp³-hybridized carbons (Fsp3) is 0.174. The van der Waals surface area contributed by atoms with Crippen LogP contribution >= 0.6 is 11.6 Å². The van der Waals surface area contributed by atoms with Gasteiger partial charge in [-0.05, 0) is 55.8 Å². The second-order valence-electron chi connectivity index (χ2n) is 8.03. The number of aromatic amines is 1. The van der Waals surface area contributed by atoms with Crippen LogP contribution in [-0.4, -0.2) is 26.1 Å². The second-order valence-corrected chi connectivity index (χ2v) is 8.44. The van der Waals surface area contributed by atoms with Gasteiger partial charge in [0, 0.05) is 17.8 Å². The molecular formula is C23H20ClN5O2. The number of fused-ring (bicyclic) bond motifs is 2. The molecule has 0 bridgehead atoms. The minimum Gasteiger partial charge on any atom is -0.344 e. The molecule has 0 saturated carbocycles. The summed E-state index contributed by atoms with van der Waals surface area (Å²) < 4.78 is 1.57. The van der Waals surface area contributed by atoms with Gasteiger partial charge in [0.05, 0.1) is 22.5 Å². The van der Waals surface area contributed by atoms with E-state index in [1.807, 2.05) is 50.2 Å². The number of carbonyl (C=O) groups excluding carboxylic acids is 1. The number of carbonyl (C=O) groups is 1. The molecule has 1 amide bonds. The monoisotopic (exact) mass is 433 g/mol. The minimum atomic E-state index is -0.658. The van der Waals surface area contributed by atoms with Gasteiger partial charge in [-0.3, -0.25) is 14.3 Å². The summed E-state index contributed by atoms with van der Waals surface area (Å²) in [7, 11) is 0. The zero-order chi connectivity index (χ0) is 21.8. The van der Waals surface area contributed by atoms with E-state index in [-0.39, 0.29) is 11.6 Å². The smallest absolute Gasteiger partial charge is 0.332 e. The molecule has 0 radical (unpaired) electrons. The number of hydrogen-bond acceptors (Lipinski definition) is 4. The third kappa shape index (κ3) is 3.18. The number of aromatic nitrogens is 3. The van der Waals surface area contributed by atoms with Gasteiger partial charge in [0.2, 0.25) is 0 Å². The second kappa shape index (κ2) is 6.99. The Morgan fingerprint density at radius 1 is 1.06 bits per heavy atom. The van der Waals surface area contributed by atoms with Crippen LogP contribution in [0.1, 0.15) is 29.8 Å². The molecule has 31 heavy (non-hydrogen) atoms. The Balaban J connectivity index is 1.69. The van der Waals surface area contributed by atoms with E-state index >= 15 is 0 Å². The number of H-pyrrole nitrogens is 1. The molecule has 1 aliphatic rings. The van der Waals surface area contributed by atoms with Crippen LogP contribution in [0, 0.1) is 0 Å². The van der Waals surface area contributed by atoms with E-state index in [0.717, 1.165) is 11.3 Å². The van der Waals surface area contributed by atoms with E-state index in [0.29, 0.717) is 34.0 Å². The van der Waals surface area contributed by atoms with Crippen molar-refractivity contribution in [1.82, 2.24) is 19.9 Å². The van der Waals surface area contributed by atoms with Crippen molar-refractivity contribution in [3.8, 4) is 5.69 Å². The lowest BCUT2D eigenvalue weighted by Gasteiger charge is -2.45. The van der Waals surface area contributed by atoms with Gasteiger partial charge < -0.3 is 10.2 Å². The fourth-order valence-electron chi connectivity index (χ4n) is 4.06. The number of nitrogens with one attached hydrogen (secondary N) is 2. The number of halogens is 1. The molecular weight excluding hydrogens is 414 g/mol. The van der Waals surface area contributed by atoms with Crippen molar-refractivity contribution in [3.05, 3.63) is 87.4 Å². The maximum absolute atomic E-state index is 12.8. The largest absolute Gasteiger partial charge is 0.344 e. The lowest BCUT2D eigenvalue weighted by atomic mass is 9.99. The minimum absolute atomic E-state index is 0.158. The van der Waals surface area contributed by atoms with Crippen LogP contribution in [0.5, 0.6) is 0 Å². The van der Waals surface area contributed by atoms with Crippen molar-refractivity contribution in [2.45, 2.75) is 26.1 Å². The van der Waals surface area contributed by atoms with Gasteiger partial charge in [0.25, 0.3) is 5.91 Å². The molecule has 0 atom stereocenters. The molecule has 8 heteroatoms. The molecule has 2 aromatic heterocycles. The van der Waals surface area contributed by atoms with Gasteiger partial charge in [0.15, 0.2) is 5.65 Å². The molecule has 0 spiro atoms. The molecule has 0 fully saturated rings. The normalized spacial score (nSPS) is 15.1. The number of nitrogens with zero attached hydrogens (tertiary/aromatic N) is 3. The quantitative estimate of drug-likeness (QED) is 0.514. The van der Waals surface area contributed by atoms with Crippen molar-refractivity contribution in [2.75, 3.05) is 4.90 Å². The van der Waals surface area contributed by atoms with Gasteiger partial charge in [0.1, 0.15) is 5.66 Å². The molecule has 0 unspecified atom stereocenters. The molecule has 2 N–H and O–H groups in total. The number of hydrogen-bond donors (Lipinski definition) is 2. The molecule has 3 heterocycles. The highest BCUT2D eigenvalue weighted by molar-refractivity contribution is 6.31. The number of amides is 1. The topological polar surface area (TPSA) is 83.0 Å². The molecule has 156 valence electrons. The van der Waals surface area contributed by atoms with Crippen LogP contribution in [0.3, 0.4) is 0 Å². The van der Waals surface area contributed by atoms with Crippen LogP contribution < -0.4 is 15.9 Å². The van der Waals surface area contributed by atoms with E-state index in [9.17, 15) is 9.59 Å². The molecule has 1 aliphatic heterocycles. The first-order valence-corrected chi connectivity index (χ1v) is 10.3. The molecule has 4 aromatic rings. The van der Waals surface area contributed by atoms with Crippen LogP contribution in [0.15, 0.2) is 65.6 Å².